The monoisotopic (exact) mass is 503 g/mol. The summed E-state index contributed by atoms with van der Waals surface area (Å²) in [6.45, 7) is 10.1. The summed E-state index contributed by atoms with van der Waals surface area (Å²) in [5.74, 6) is 2.27. The van der Waals surface area contributed by atoms with Crippen LogP contribution in [-0.2, 0) is 11.3 Å². The average Bonchev–Trinajstić information content (AvgIpc) is 3.51. The number of hydrogen-bond donors (Lipinski definition) is 2. The Morgan fingerprint density at radius 3 is 2.57 bits per heavy atom. The second-order valence-corrected chi connectivity index (χ2v) is 6.70. The van der Waals surface area contributed by atoms with Crippen molar-refractivity contribution in [2.45, 2.75) is 46.6 Å². The molecule has 1 aliphatic rings. The Morgan fingerprint density at radius 1 is 1.25 bits per heavy atom. The number of aliphatic imine (C=N–C) groups is 1. The van der Waals surface area contributed by atoms with E-state index in [2.05, 4.69) is 20.6 Å². The van der Waals surface area contributed by atoms with Gasteiger partial charge in [0.2, 0.25) is 11.8 Å². The second-order valence-electron chi connectivity index (χ2n) is 6.70. The van der Waals surface area contributed by atoms with Crippen molar-refractivity contribution in [1.29, 1.82) is 0 Å². The fourth-order valence-corrected chi connectivity index (χ4v) is 2.61. The summed E-state index contributed by atoms with van der Waals surface area (Å²) < 4.78 is 5.65. The number of aromatic nitrogens is 1. The van der Waals surface area contributed by atoms with Crippen molar-refractivity contribution in [1.82, 2.24) is 20.5 Å². The van der Waals surface area contributed by atoms with Gasteiger partial charge in [0.25, 0.3) is 0 Å². The summed E-state index contributed by atoms with van der Waals surface area (Å²) in [5.41, 5.74) is 1.02. The molecule has 1 fully saturated rings. The normalized spacial score (nSPS) is 13.5. The molecule has 1 amide bonds. The van der Waals surface area contributed by atoms with Crippen LogP contribution >= 0.6 is 24.0 Å². The first-order valence-electron chi connectivity index (χ1n) is 10.0. The fourth-order valence-electron chi connectivity index (χ4n) is 2.61. The molecule has 1 aromatic rings. The third kappa shape index (κ3) is 9.07. The Bertz CT molecular complexity index is 601. The summed E-state index contributed by atoms with van der Waals surface area (Å²) in [5, 5.41) is 6.43. The Hall–Kier alpha value is -1.58. The number of carbonyl (C=O) groups excluding carboxylic acids is 1. The van der Waals surface area contributed by atoms with E-state index >= 15 is 0 Å². The molecule has 0 bridgehead atoms. The number of guanidine groups is 1. The summed E-state index contributed by atoms with van der Waals surface area (Å²) >= 11 is 0. The molecular formula is C20H34IN5O2. The Balaban J connectivity index is 0.00000392. The SMILES string of the molecule is CCNC(=NCc1ccc(OCC2CC2)nc1)NCCC(=O)N(CC)CC.I. The van der Waals surface area contributed by atoms with Crippen molar-refractivity contribution in [2.75, 3.05) is 32.8 Å². The van der Waals surface area contributed by atoms with Gasteiger partial charge in [0.1, 0.15) is 0 Å². The average molecular weight is 503 g/mol. The van der Waals surface area contributed by atoms with Crippen molar-refractivity contribution in [3.63, 3.8) is 0 Å². The number of hydrogen-bond acceptors (Lipinski definition) is 4. The first kappa shape index (κ1) is 24.5. The van der Waals surface area contributed by atoms with E-state index in [-0.39, 0.29) is 29.9 Å². The lowest BCUT2D eigenvalue weighted by Gasteiger charge is -2.19. The van der Waals surface area contributed by atoms with Crippen LogP contribution in [0, 0.1) is 5.92 Å². The van der Waals surface area contributed by atoms with Gasteiger partial charge < -0.3 is 20.3 Å². The van der Waals surface area contributed by atoms with Gasteiger partial charge in [-0.05, 0) is 45.1 Å². The zero-order valence-corrected chi connectivity index (χ0v) is 19.6. The van der Waals surface area contributed by atoms with E-state index in [0.29, 0.717) is 31.3 Å². The quantitative estimate of drug-likeness (QED) is 0.276. The number of ether oxygens (including phenoxy) is 1. The summed E-state index contributed by atoms with van der Waals surface area (Å²) in [4.78, 5) is 22.8. The molecule has 158 valence electrons. The summed E-state index contributed by atoms with van der Waals surface area (Å²) in [6, 6.07) is 3.89. The highest BCUT2D eigenvalue weighted by molar-refractivity contribution is 14.0. The van der Waals surface area contributed by atoms with Gasteiger partial charge in [-0.1, -0.05) is 6.07 Å². The smallest absolute Gasteiger partial charge is 0.224 e. The predicted molar refractivity (Wildman–Crippen MR) is 123 cm³/mol. The maximum absolute atomic E-state index is 12.1. The highest BCUT2D eigenvalue weighted by Crippen LogP contribution is 2.29. The van der Waals surface area contributed by atoms with Crippen molar-refractivity contribution in [3.05, 3.63) is 23.9 Å². The van der Waals surface area contributed by atoms with Gasteiger partial charge in [-0.25, -0.2) is 9.98 Å². The molecule has 0 radical (unpaired) electrons. The van der Waals surface area contributed by atoms with Crippen LogP contribution in [0.5, 0.6) is 5.88 Å². The zero-order valence-electron chi connectivity index (χ0n) is 17.2. The molecule has 0 aliphatic heterocycles. The molecule has 8 heteroatoms. The molecule has 0 spiro atoms. The Kier molecular flexibility index (Phi) is 11.9. The molecule has 1 saturated carbocycles. The number of rotatable bonds is 11. The van der Waals surface area contributed by atoms with E-state index in [1.165, 1.54) is 12.8 Å². The minimum absolute atomic E-state index is 0. The maximum atomic E-state index is 12.1. The van der Waals surface area contributed by atoms with E-state index in [9.17, 15) is 4.79 Å². The van der Waals surface area contributed by atoms with Gasteiger partial charge in [0.15, 0.2) is 5.96 Å². The van der Waals surface area contributed by atoms with Crippen molar-refractivity contribution in [2.24, 2.45) is 10.9 Å². The molecule has 2 rings (SSSR count). The molecular weight excluding hydrogens is 469 g/mol. The number of pyridine rings is 1. The molecule has 7 nitrogen and oxygen atoms in total. The van der Waals surface area contributed by atoms with Crippen LogP contribution < -0.4 is 15.4 Å². The maximum Gasteiger partial charge on any atom is 0.224 e. The molecule has 1 aliphatic carbocycles. The van der Waals surface area contributed by atoms with Gasteiger partial charge in [-0.3, -0.25) is 4.79 Å². The van der Waals surface area contributed by atoms with Crippen LogP contribution in [0.3, 0.4) is 0 Å². The molecule has 0 unspecified atom stereocenters. The zero-order chi connectivity index (χ0) is 19.5. The van der Waals surface area contributed by atoms with E-state index in [0.717, 1.165) is 37.7 Å². The van der Waals surface area contributed by atoms with Gasteiger partial charge in [-0.15, -0.1) is 24.0 Å². The largest absolute Gasteiger partial charge is 0.477 e. The standard InChI is InChI=1S/C20H33N5O2.HI/c1-4-21-20(22-12-11-19(26)25(5-2)6-3)24-14-17-9-10-18(23-13-17)27-15-16-7-8-16;/h9-10,13,16H,4-8,11-12,14-15H2,1-3H3,(H2,21,22,24);1H. The molecule has 0 atom stereocenters. The lowest BCUT2D eigenvalue weighted by molar-refractivity contribution is -0.130. The first-order chi connectivity index (χ1) is 13.2. The number of amides is 1. The Morgan fingerprint density at radius 2 is 2.00 bits per heavy atom. The number of carbonyl (C=O) groups is 1. The molecule has 2 N–H and O–H groups in total. The van der Waals surface area contributed by atoms with E-state index in [1.807, 2.05) is 37.8 Å². The Labute approximate surface area is 185 Å². The molecule has 28 heavy (non-hydrogen) atoms. The van der Waals surface area contributed by atoms with Crippen molar-refractivity contribution in [3.8, 4) is 5.88 Å². The third-order valence-corrected chi connectivity index (χ3v) is 4.47. The topological polar surface area (TPSA) is 78.9 Å². The van der Waals surface area contributed by atoms with E-state index < -0.39 is 0 Å². The van der Waals surface area contributed by atoms with Crippen LogP contribution in [0.2, 0.25) is 0 Å². The molecule has 1 heterocycles. The number of halogens is 1. The minimum atomic E-state index is 0. The van der Waals surface area contributed by atoms with Crippen LogP contribution in [0.4, 0.5) is 0 Å². The number of nitrogens with zero attached hydrogens (tertiary/aromatic N) is 3. The van der Waals surface area contributed by atoms with Crippen LogP contribution in [-0.4, -0.2) is 54.5 Å². The molecule has 0 aromatic carbocycles. The summed E-state index contributed by atoms with van der Waals surface area (Å²) in [7, 11) is 0. The highest BCUT2D eigenvalue weighted by atomic mass is 127. The predicted octanol–water partition coefficient (Wildman–Crippen LogP) is 2.80. The van der Waals surface area contributed by atoms with Gasteiger partial charge in [0.05, 0.1) is 13.2 Å². The van der Waals surface area contributed by atoms with E-state index in [4.69, 9.17) is 4.74 Å². The van der Waals surface area contributed by atoms with E-state index in [1.54, 1.807) is 6.20 Å². The molecule has 0 saturated heterocycles. The lowest BCUT2D eigenvalue weighted by atomic mass is 10.3. The lowest BCUT2D eigenvalue weighted by Crippen LogP contribution is -2.40. The summed E-state index contributed by atoms with van der Waals surface area (Å²) in [6.07, 6.45) is 4.81. The minimum Gasteiger partial charge on any atom is -0.477 e. The van der Waals surface area contributed by atoms with Gasteiger partial charge in [-0.2, -0.15) is 0 Å². The fraction of sp³-hybridized carbons (Fsp3) is 0.650. The number of nitrogens with one attached hydrogen (secondary N) is 2. The first-order valence-corrected chi connectivity index (χ1v) is 10.0. The highest BCUT2D eigenvalue weighted by Gasteiger charge is 2.22. The second kappa shape index (κ2) is 13.6. The van der Waals surface area contributed by atoms with Crippen LogP contribution in [0.15, 0.2) is 23.3 Å². The molecule has 1 aromatic heterocycles. The van der Waals surface area contributed by atoms with Crippen LogP contribution in [0.1, 0.15) is 45.6 Å². The van der Waals surface area contributed by atoms with Crippen LogP contribution in [0.25, 0.3) is 0 Å². The third-order valence-electron chi connectivity index (χ3n) is 4.47. The van der Waals surface area contributed by atoms with Crippen molar-refractivity contribution >= 4 is 35.8 Å². The van der Waals surface area contributed by atoms with Gasteiger partial charge >= 0.3 is 0 Å². The van der Waals surface area contributed by atoms with Crippen molar-refractivity contribution < 1.29 is 9.53 Å². The van der Waals surface area contributed by atoms with Gasteiger partial charge in [0, 0.05) is 44.9 Å².